The molecule has 0 aliphatic carbocycles. The summed E-state index contributed by atoms with van der Waals surface area (Å²) in [5.41, 5.74) is 3.83. The van der Waals surface area contributed by atoms with Gasteiger partial charge in [-0.15, -0.1) is 0 Å². The molecular weight excluding hydrogens is 400 g/mol. The van der Waals surface area contributed by atoms with E-state index in [9.17, 15) is 9.59 Å². The minimum absolute atomic E-state index is 0.204. The van der Waals surface area contributed by atoms with E-state index in [1.165, 1.54) is 4.68 Å². The molecule has 0 radical (unpaired) electrons. The van der Waals surface area contributed by atoms with Crippen LogP contribution >= 0.6 is 0 Å². The molecule has 0 saturated heterocycles. The lowest BCUT2D eigenvalue weighted by atomic mass is 9.89. The fourth-order valence-corrected chi connectivity index (χ4v) is 3.80. The van der Waals surface area contributed by atoms with Gasteiger partial charge in [0.1, 0.15) is 0 Å². The second-order valence-corrected chi connectivity index (χ2v) is 7.29. The maximum Gasteiger partial charge on any atom is 0.339 e. The monoisotopic (exact) mass is 424 g/mol. The van der Waals surface area contributed by atoms with Gasteiger partial charge in [-0.25, -0.2) is 9.48 Å². The van der Waals surface area contributed by atoms with Crippen molar-refractivity contribution in [2.75, 3.05) is 6.61 Å². The van der Waals surface area contributed by atoms with Gasteiger partial charge >= 0.3 is 5.97 Å². The molecule has 5 nitrogen and oxygen atoms in total. The van der Waals surface area contributed by atoms with Gasteiger partial charge in [0.2, 0.25) is 0 Å². The molecule has 0 unspecified atom stereocenters. The normalized spacial score (nSPS) is 10.6. The van der Waals surface area contributed by atoms with E-state index in [2.05, 4.69) is 5.10 Å². The molecule has 0 aliphatic rings. The summed E-state index contributed by atoms with van der Waals surface area (Å²) in [6, 6.07) is 28.5. The first-order valence-corrected chi connectivity index (χ1v) is 10.5. The lowest BCUT2D eigenvalue weighted by Crippen LogP contribution is -2.21. The molecule has 0 spiro atoms. The van der Waals surface area contributed by atoms with Crippen molar-refractivity contribution in [1.29, 1.82) is 0 Å². The zero-order valence-electron chi connectivity index (χ0n) is 18.0. The Balaban J connectivity index is 2.08. The Kier molecular flexibility index (Phi) is 6.17. The van der Waals surface area contributed by atoms with Crippen LogP contribution in [0.15, 0.2) is 95.8 Å². The van der Waals surface area contributed by atoms with Crippen molar-refractivity contribution >= 4 is 17.1 Å². The topological polar surface area (TPSA) is 64.1 Å². The third-order valence-corrected chi connectivity index (χ3v) is 5.19. The number of para-hydroxylation sites is 1. The highest BCUT2D eigenvalue weighted by Gasteiger charge is 2.28. The standard InChI is InChI=1S/C27H24N2O3/c1-3-32-27(31)25(23-19(2)28-29(26(23)30)22-17-11-6-12-18-22)24(20-13-7-4-8-14-20)21-15-9-5-10-16-21/h4-18,28H,3H2,1-2H3. The lowest BCUT2D eigenvalue weighted by molar-refractivity contribution is -0.136. The molecule has 1 heterocycles. The predicted octanol–water partition coefficient (Wildman–Crippen LogP) is 5.00. The number of H-pyrrole nitrogens is 1. The zero-order valence-corrected chi connectivity index (χ0v) is 18.0. The number of nitrogens with zero attached hydrogens (tertiary/aromatic N) is 1. The van der Waals surface area contributed by atoms with Gasteiger partial charge in [-0.2, -0.15) is 0 Å². The minimum Gasteiger partial charge on any atom is -0.462 e. The number of aromatic nitrogens is 2. The van der Waals surface area contributed by atoms with Crippen LogP contribution in [0.1, 0.15) is 29.3 Å². The molecular formula is C27H24N2O3. The first-order chi connectivity index (χ1) is 15.6. The summed E-state index contributed by atoms with van der Waals surface area (Å²) in [5.74, 6) is -0.533. The Labute approximate surface area is 186 Å². The average molecular weight is 425 g/mol. The van der Waals surface area contributed by atoms with Crippen molar-refractivity contribution in [3.8, 4) is 5.69 Å². The Hall–Kier alpha value is -4.12. The number of esters is 1. The first-order valence-electron chi connectivity index (χ1n) is 10.5. The molecule has 4 rings (SSSR count). The van der Waals surface area contributed by atoms with Crippen molar-refractivity contribution in [3.63, 3.8) is 0 Å². The van der Waals surface area contributed by atoms with Crippen LogP contribution in [0, 0.1) is 6.92 Å². The van der Waals surface area contributed by atoms with E-state index in [1.54, 1.807) is 13.8 Å². The SMILES string of the molecule is CCOC(=O)C(=C(c1ccccc1)c1ccccc1)c1c(C)[nH]n(-c2ccccc2)c1=O. The van der Waals surface area contributed by atoms with Crippen LogP contribution in [-0.2, 0) is 9.53 Å². The van der Waals surface area contributed by atoms with E-state index >= 15 is 0 Å². The quantitative estimate of drug-likeness (QED) is 0.350. The second kappa shape index (κ2) is 9.35. The van der Waals surface area contributed by atoms with E-state index in [-0.39, 0.29) is 17.7 Å². The van der Waals surface area contributed by atoms with E-state index in [0.29, 0.717) is 22.5 Å². The van der Waals surface area contributed by atoms with Crippen molar-refractivity contribution in [2.45, 2.75) is 13.8 Å². The Morgan fingerprint density at radius 2 is 1.34 bits per heavy atom. The fraction of sp³-hybridized carbons (Fsp3) is 0.111. The van der Waals surface area contributed by atoms with Gasteiger partial charge < -0.3 is 4.74 Å². The number of rotatable bonds is 6. The van der Waals surface area contributed by atoms with Gasteiger partial charge in [0.25, 0.3) is 5.56 Å². The molecule has 0 aliphatic heterocycles. The molecule has 0 atom stereocenters. The van der Waals surface area contributed by atoms with Crippen molar-refractivity contribution in [3.05, 3.63) is 124 Å². The Morgan fingerprint density at radius 1 is 0.844 bits per heavy atom. The number of hydrogen-bond acceptors (Lipinski definition) is 3. The third kappa shape index (κ3) is 4.05. The van der Waals surface area contributed by atoms with Gasteiger partial charge in [0, 0.05) is 11.3 Å². The molecule has 0 fully saturated rings. The molecule has 5 heteroatoms. The van der Waals surface area contributed by atoms with Crippen molar-refractivity contribution < 1.29 is 9.53 Å². The molecule has 0 amide bonds. The Bertz CT molecular complexity index is 1260. The van der Waals surface area contributed by atoms with Crippen molar-refractivity contribution in [1.82, 2.24) is 9.78 Å². The van der Waals surface area contributed by atoms with Gasteiger partial charge in [0.15, 0.2) is 0 Å². The summed E-state index contributed by atoms with van der Waals surface area (Å²) >= 11 is 0. The number of nitrogens with one attached hydrogen (secondary N) is 1. The summed E-state index contributed by atoms with van der Waals surface area (Å²) in [7, 11) is 0. The van der Waals surface area contributed by atoms with Crippen LogP contribution in [0.2, 0.25) is 0 Å². The van der Waals surface area contributed by atoms with E-state index in [4.69, 9.17) is 4.74 Å². The molecule has 1 aromatic heterocycles. The van der Waals surface area contributed by atoms with E-state index in [1.807, 2.05) is 91.0 Å². The molecule has 160 valence electrons. The van der Waals surface area contributed by atoms with Gasteiger partial charge in [-0.3, -0.25) is 9.89 Å². The highest BCUT2D eigenvalue weighted by atomic mass is 16.5. The van der Waals surface area contributed by atoms with Crippen LogP contribution in [-0.4, -0.2) is 22.4 Å². The molecule has 0 bridgehead atoms. The summed E-state index contributed by atoms with van der Waals surface area (Å²) in [6.07, 6.45) is 0. The molecule has 4 aromatic rings. The van der Waals surface area contributed by atoms with Crippen LogP contribution < -0.4 is 5.56 Å². The zero-order chi connectivity index (χ0) is 22.5. The minimum atomic E-state index is -0.533. The van der Waals surface area contributed by atoms with E-state index in [0.717, 1.165) is 11.1 Å². The molecule has 32 heavy (non-hydrogen) atoms. The largest absolute Gasteiger partial charge is 0.462 e. The molecule has 3 aromatic carbocycles. The summed E-state index contributed by atoms with van der Waals surface area (Å²) in [6.45, 7) is 3.75. The Morgan fingerprint density at radius 3 is 1.84 bits per heavy atom. The fourth-order valence-electron chi connectivity index (χ4n) is 3.80. The van der Waals surface area contributed by atoms with E-state index < -0.39 is 5.97 Å². The van der Waals surface area contributed by atoms with Crippen LogP contribution in [0.4, 0.5) is 0 Å². The highest BCUT2D eigenvalue weighted by molar-refractivity contribution is 6.27. The van der Waals surface area contributed by atoms with Crippen LogP contribution in [0.25, 0.3) is 16.8 Å². The second-order valence-electron chi connectivity index (χ2n) is 7.29. The number of carbonyl (C=O) groups excluding carboxylic acids is 1. The lowest BCUT2D eigenvalue weighted by Gasteiger charge is -2.15. The molecule has 1 N–H and O–H groups in total. The van der Waals surface area contributed by atoms with Gasteiger partial charge in [-0.05, 0) is 37.1 Å². The van der Waals surface area contributed by atoms with Crippen LogP contribution in [0.5, 0.6) is 0 Å². The predicted molar refractivity (Wildman–Crippen MR) is 127 cm³/mol. The average Bonchev–Trinajstić information content (AvgIpc) is 3.13. The number of carbonyl (C=O) groups is 1. The number of hydrogen-bond donors (Lipinski definition) is 1. The summed E-state index contributed by atoms with van der Waals surface area (Å²) in [4.78, 5) is 26.9. The smallest absolute Gasteiger partial charge is 0.339 e. The number of ether oxygens (including phenoxy) is 1. The summed E-state index contributed by atoms with van der Waals surface area (Å²) in [5, 5.41) is 3.13. The van der Waals surface area contributed by atoms with Crippen LogP contribution in [0.3, 0.4) is 0 Å². The number of aromatic amines is 1. The third-order valence-electron chi connectivity index (χ3n) is 5.19. The number of benzene rings is 3. The van der Waals surface area contributed by atoms with Gasteiger partial charge in [-0.1, -0.05) is 78.9 Å². The summed E-state index contributed by atoms with van der Waals surface area (Å²) < 4.78 is 6.90. The maximum absolute atomic E-state index is 13.6. The van der Waals surface area contributed by atoms with Crippen molar-refractivity contribution in [2.24, 2.45) is 0 Å². The van der Waals surface area contributed by atoms with Gasteiger partial charge in [0.05, 0.1) is 23.4 Å². The molecule has 0 saturated carbocycles. The highest BCUT2D eigenvalue weighted by Crippen LogP contribution is 2.33. The maximum atomic E-state index is 13.6. The first kappa shape index (κ1) is 21.1. The number of aryl methyl sites for hydroxylation is 1.